The Hall–Kier alpha value is -3.86. The van der Waals surface area contributed by atoms with Crippen LogP contribution < -0.4 is 10.1 Å². The zero-order valence-corrected chi connectivity index (χ0v) is 18.1. The van der Waals surface area contributed by atoms with Gasteiger partial charge >= 0.3 is 0 Å². The van der Waals surface area contributed by atoms with Gasteiger partial charge in [0.05, 0.1) is 23.6 Å². The highest BCUT2D eigenvalue weighted by molar-refractivity contribution is 5.97. The van der Waals surface area contributed by atoms with Crippen LogP contribution in [0.3, 0.4) is 0 Å². The topological polar surface area (TPSA) is 43.3 Å². The van der Waals surface area contributed by atoms with Crippen LogP contribution in [0.25, 0.3) is 16.9 Å². The van der Waals surface area contributed by atoms with Gasteiger partial charge in [0.15, 0.2) is 0 Å². The summed E-state index contributed by atoms with van der Waals surface area (Å²) in [6, 6.07) is 25.8. The average molecular weight is 429 g/mol. The minimum absolute atomic E-state index is 0.184. The number of nitrogens with one attached hydrogen (secondary N) is 1. The highest BCUT2D eigenvalue weighted by Gasteiger charge is 2.21. The van der Waals surface area contributed by atoms with E-state index in [-0.39, 0.29) is 11.7 Å². The van der Waals surface area contributed by atoms with Crippen molar-refractivity contribution in [2.24, 2.45) is 0 Å². The molecule has 0 saturated carbocycles. The van der Waals surface area contributed by atoms with Crippen LogP contribution in [0.15, 0.2) is 84.9 Å². The summed E-state index contributed by atoms with van der Waals surface area (Å²) in [5.41, 5.74) is 5.01. The van der Waals surface area contributed by atoms with Crippen molar-refractivity contribution in [3.8, 4) is 22.7 Å². The second-order valence-corrected chi connectivity index (χ2v) is 7.44. The predicted molar refractivity (Wildman–Crippen MR) is 125 cm³/mol. The summed E-state index contributed by atoms with van der Waals surface area (Å²) in [6.07, 6.45) is 0. The van der Waals surface area contributed by atoms with E-state index in [9.17, 15) is 9.18 Å². The van der Waals surface area contributed by atoms with Crippen molar-refractivity contribution in [1.82, 2.24) is 9.88 Å². The number of benzene rings is 3. The number of carbonyl (C=O) groups excluding carboxylic acids is 1. The average Bonchev–Trinajstić information content (AvgIpc) is 3.16. The third-order valence-electron chi connectivity index (χ3n) is 5.33. The zero-order chi connectivity index (χ0) is 22.5. The Labute approximate surface area is 187 Å². The minimum atomic E-state index is -0.298. The van der Waals surface area contributed by atoms with Gasteiger partial charge in [0.25, 0.3) is 5.91 Å². The van der Waals surface area contributed by atoms with Crippen molar-refractivity contribution in [2.75, 3.05) is 6.61 Å². The summed E-state index contributed by atoms with van der Waals surface area (Å²) in [6.45, 7) is 4.75. The smallest absolute Gasteiger partial charge is 0.253 e. The van der Waals surface area contributed by atoms with Gasteiger partial charge in [-0.1, -0.05) is 54.6 Å². The molecule has 1 amide bonds. The number of ether oxygens (including phenoxy) is 1. The summed E-state index contributed by atoms with van der Waals surface area (Å²) >= 11 is 0. The predicted octanol–water partition coefficient (Wildman–Crippen LogP) is 5.92. The van der Waals surface area contributed by atoms with Crippen molar-refractivity contribution in [3.05, 3.63) is 108 Å². The molecule has 0 aliphatic heterocycles. The Morgan fingerprint density at radius 2 is 1.66 bits per heavy atom. The van der Waals surface area contributed by atoms with Crippen LogP contribution in [0.4, 0.5) is 4.39 Å². The molecule has 4 aromatic rings. The molecule has 0 fully saturated rings. The van der Waals surface area contributed by atoms with Crippen molar-refractivity contribution >= 4 is 5.91 Å². The fraction of sp³-hybridized carbons (Fsp3) is 0.148. The van der Waals surface area contributed by atoms with Crippen molar-refractivity contribution in [1.29, 1.82) is 0 Å². The fourth-order valence-corrected chi connectivity index (χ4v) is 3.77. The molecule has 0 aliphatic carbocycles. The van der Waals surface area contributed by atoms with Gasteiger partial charge in [-0.15, -0.1) is 0 Å². The Morgan fingerprint density at radius 3 is 2.38 bits per heavy atom. The van der Waals surface area contributed by atoms with E-state index in [1.165, 1.54) is 12.1 Å². The number of aromatic nitrogens is 1. The van der Waals surface area contributed by atoms with E-state index in [2.05, 4.69) is 9.88 Å². The van der Waals surface area contributed by atoms with Crippen LogP contribution in [-0.2, 0) is 6.54 Å². The molecule has 1 N–H and O–H groups in total. The number of hydrogen-bond acceptors (Lipinski definition) is 2. The van der Waals surface area contributed by atoms with Gasteiger partial charge in [0, 0.05) is 12.2 Å². The molecule has 3 aromatic carbocycles. The second kappa shape index (κ2) is 9.52. The SMILES string of the molecule is CCOc1ccccc1-n1c(-c2ccccc2)cc(C(=O)NCc2ccc(F)cc2)c1C. The monoisotopic (exact) mass is 428 g/mol. The lowest BCUT2D eigenvalue weighted by atomic mass is 10.1. The molecule has 0 saturated heterocycles. The molecular weight excluding hydrogens is 403 g/mol. The molecule has 0 aliphatic rings. The maximum atomic E-state index is 13.2. The number of carbonyl (C=O) groups is 1. The van der Waals surface area contributed by atoms with Crippen LogP contribution in [0, 0.1) is 12.7 Å². The quantitative estimate of drug-likeness (QED) is 0.397. The van der Waals surface area contributed by atoms with Gasteiger partial charge in [-0.25, -0.2) is 4.39 Å². The number of nitrogens with zero attached hydrogens (tertiary/aromatic N) is 1. The first-order valence-electron chi connectivity index (χ1n) is 10.6. The summed E-state index contributed by atoms with van der Waals surface area (Å²) in [5, 5.41) is 2.95. The van der Waals surface area contributed by atoms with E-state index in [1.807, 2.05) is 74.5 Å². The molecule has 0 unspecified atom stereocenters. The maximum absolute atomic E-state index is 13.2. The van der Waals surface area contributed by atoms with Gasteiger partial charge in [-0.05, 0) is 55.3 Å². The van der Waals surface area contributed by atoms with Gasteiger partial charge in [0.1, 0.15) is 11.6 Å². The number of amides is 1. The summed E-state index contributed by atoms with van der Waals surface area (Å²) < 4.78 is 21.1. The molecule has 0 atom stereocenters. The lowest BCUT2D eigenvalue weighted by molar-refractivity contribution is 0.0950. The van der Waals surface area contributed by atoms with Crippen LogP contribution in [0.2, 0.25) is 0 Å². The van der Waals surface area contributed by atoms with E-state index in [4.69, 9.17) is 4.74 Å². The van der Waals surface area contributed by atoms with Crippen LogP contribution in [0.5, 0.6) is 5.75 Å². The Bertz CT molecular complexity index is 1210. The van der Waals surface area contributed by atoms with Gasteiger partial charge in [-0.2, -0.15) is 0 Å². The normalized spacial score (nSPS) is 10.7. The standard InChI is InChI=1S/C27H25FN2O2/c1-3-32-26-12-8-7-11-24(26)30-19(2)23(17-25(30)21-9-5-4-6-10-21)27(31)29-18-20-13-15-22(28)16-14-20/h4-17H,3,18H2,1-2H3,(H,29,31). The van der Waals surface area contributed by atoms with Gasteiger partial charge in [0.2, 0.25) is 0 Å². The third kappa shape index (κ3) is 4.42. The number of halogens is 1. The van der Waals surface area contributed by atoms with Gasteiger partial charge < -0.3 is 14.6 Å². The lowest BCUT2D eigenvalue weighted by Gasteiger charge is -2.16. The zero-order valence-electron chi connectivity index (χ0n) is 18.1. The Balaban J connectivity index is 1.75. The van der Waals surface area contributed by atoms with Crippen molar-refractivity contribution in [3.63, 3.8) is 0 Å². The number of rotatable bonds is 7. The molecule has 4 nitrogen and oxygen atoms in total. The van der Waals surface area contributed by atoms with Crippen LogP contribution in [-0.4, -0.2) is 17.1 Å². The second-order valence-electron chi connectivity index (χ2n) is 7.44. The van der Waals surface area contributed by atoms with E-state index < -0.39 is 0 Å². The summed E-state index contributed by atoms with van der Waals surface area (Å²) in [4.78, 5) is 13.1. The number of hydrogen-bond donors (Lipinski definition) is 1. The van der Waals surface area contributed by atoms with Gasteiger partial charge in [-0.3, -0.25) is 4.79 Å². The molecule has 1 heterocycles. The molecule has 0 radical (unpaired) electrons. The minimum Gasteiger partial charge on any atom is -0.492 e. The molecular formula is C27H25FN2O2. The Kier molecular flexibility index (Phi) is 6.36. The number of para-hydroxylation sites is 2. The van der Waals surface area contributed by atoms with E-state index in [1.54, 1.807) is 12.1 Å². The Morgan fingerprint density at radius 1 is 0.969 bits per heavy atom. The third-order valence-corrected chi connectivity index (χ3v) is 5.33. The fourth-order valence-electron chi connectivity index (χ4n) is 3.77. The molecule has 0 spiro atoms. The summed E-state index contributed by atoms with van der Waals surface area (Å²) in [5.74, 6) is 0.272. The molecule has 32 heavy (non-hydrogen) atoms. The van der Waals surface area contributed by atoms with Crippen molar-refractivity contribution < 1.29 is 13.9 Å². The molecule has 1 aromatic heterocycles. The molecule has 0 bridgehead atoms. The lowest BCUT2D eigenvalue weighted by Crippen LogP contribution is -2.23. The molecule has 162 valence electrons. The highest BCUT2D eigenvalue weighted by atomic mass is 19.1. The maximum Gasteiger partial charge on any atom is 0.253 e. The van der Waals surface area contributed by atoms with E-state index in [0.29, 0.717) is 18.7 Å². The van der Waals surface area contributed by atoms with E-state index >= 15 is 0 Å². The van der Waals surface area contributed by atoms with Crippen LogP contribution >= 0.6 is 0 Å². The highest BCUT2D eigenvalue weighted by Crippen LogP contribution is 2.33. The molecule has 5 heteroatoms. The van der Waals surface area contributed by atoms with Crippen LogP contribution in [0.1, 0.15) is 28.5 Å². The van der Waals surface area contributed by atoms with E-state index in [0.717, 1.165) is 34.0 Å². The first kappa shape index (κ1) is 21.4. The molecule has 4 rings (SSSR count). The largest absolute Gasteiger partial charge is 0.492 e. The first-order chi connectivity index (χ1) is 15.6. The summed E-state index contributed by atoms with van der Waals surface area (Å²) in [7, 11) is 0. The first-order valence-corrected chi connectivity index (χ1v) is 10.6. The van der Waals surface area contributed by atoms with Crippen molar-refractivity contribution in [2.45, 2.75) is 20.4 Å².